The van der Waals surface area contributed by atoms with Crippen molar-refractivity contribution < 1.29 is 4.79 Å². The van der Waals surface area contributed by atoms with Crippen molar-refractivity contribution in [3.05, 3.63) is 0 Å². The highest BCUT2D eigenvalue weighted by Gasteiger charge is 2.34. The summed E-state index contributed by atoms with van der Waals surface area (Å²) in [6.07, 6.45) is 3.09. The fourth-order valence-electron chi connectivity index (χ4n) is 3.64. The summed E-state index contributed by atoms with van der Waals surface area (Å²) in [4.78, 5) is 14.6. The molecule has 2 aliphatic rings. The summed E-state index contributed by atoms with van der Waals surface area (Å²) in [6.45, 7) is 12.7. The van der Waals surface area contributed by atoms with Crippen LogP contribution in [-0.4, -0.2) is 30.3 Å². The van der Waals surface area contributed by atoms with Crippen molar-refractivity contribution in [2.45, 2.75) is 47.0 Å². The Kier molecular flexibility index (Phi) is 4.47. The molecule has 1 saturated heterocycles. The number of hydrogen-bond acceptors (Lipinski definition) is 2. The van der Waals surface area contributed by atoms with Crippen LogP contribution in [0.5, 0.6) is 0 Å². The molecule has 0 N–H and O–H groups in total. The summed E-state index contributed by atoms with van der Waals surface area (Å²) in [6, 6.07) is 0. The lowest BCUT2D eigenvalue weighted by atomic mass is 9.75. The molecule has 2 nitrogen and oxygen atoms in total. The van der Waals surface area contributed by atoms with E-state index in [2.05, 4.69) is 32.6 Å². The quantitative estimate of drug-likeness (QED) is 0.767. The zero-order chi connectivity index (χ0) is 13.3. The lowest BCUT2D eigenvalue weighted by Gasteiger charge is -2.32. The third-order valence-electron chi connectivity index (χ3n) is 5.29. The average molecular weight is 251 g/mol. The smallest absolute Gasteiger partial charge is 0.137 e. The number of nitrogens with zero attached hydrogens (tertiary/aromatic N) is 1. The highest BCUT2D eigenvalue weighted by atomic mass is 16.1. The lowest BCUT2D eigenvalue weighted by Crippen LogP contribution is -2.36. The SMILES string of the molecule is CC(C)C1CCC(=O)C(CN2CC(C)C(C)C2)C1. The second-order valence-electron chi connectivity index (χ2n) is 7.11. The summed E-state index contributed by atoms with van der Waals surface area (Å²) in [5, 5.41) is 0. The first-order valence-corrected chi connectivity index (χ1v) is 7.72. The van der Waals surface area contributed by atoms with Crippen LogP contribution in [0.2, 0.25) is 0 Å². The molecule has 0 amide bonds. The molecule has 2 heteroatoms. The van der Waals surface area contributed by atoms with Gasteiger partial charge in [-0.1, -0.05) is 27.7 Å². The molecule has 1 aliphatic heterocycles. The monoisotopic (exact) mass is 251 g/mol. The molecule has 0 aromatic rings. The van der Waals surface area contributed by atoms with Gasteiger partial charge >= 0.3 is 0 Å². The van der Waals surface area contributed by atoms with Crippen molar-refractivity contribution >= 4 is 5.78 Å². The molecule has 0 aromatic heterocycles. The van der Waals surface area contributed by atoms with Crippen LogP contribution in [-0.2, 0) is 4.79 Å². The van der Waals surface area contributed by atoms with Crippen molar-refractivity contribution in [2.75, 3.05) is 19.6 Å². The number of likely N-dealkylation sites (tertiary alicyclic amines) is 1. The molecule has 0 bridgehead atoms. The standard InChI is InChI=1S/C16H29NO/c1-11(2)14-5-6-16(18)15(7-14)10-17-8-12(3)13(4)9-17/h11-15H,5-10H2,1-4H3. The second kappa shape index (κ2) is 5.73. The molecule has 2 fully saturated rings. The van der Waals surface area contributed by atoms with Gasteiger partial charge in [0.25, 0.3) is 0 Å². The molecular formula is C16H29NO. The fourth-order valence-corrected chi connectivity index (χ4v) is 3.64. The number of Topliss-reactive ketones (excluding diaryl/α,β-unsaturated/α-hetero) is 1. The van der Waals surface area contributed by atoms with E-state index >= 15 is 0 Å². The zero-order valence-corrected chi connectivity index (χ0v) is 12.5. The zero-order valence-electron chi connectivity index (χ0n) is 12.5. The minimum Gasteiger partial charge on any atom is -0.302 e. The molecular weight excluding hydrogens is 222 g/mol. The van der Waals surface area contributed by atoms with E-state index in [1.165, 1.54) is 13.1 Å². The summed E-state index contributed by atoms with van der Waals surface area (Å²) in [5.74, 6) is 3.94. The van der Waals surface area contributed by atoms with E-state index in [0.717, 1.165) is 49.5 Å². The number of carbonyl (C=O) groups excluding carboxylic acids is 1. The third kappa shape index (κ3) is 3.14. The second-order valence-corrected chi connectivity index (χ2v) is 7.11. The van der Waals surface area contributed by atoms with E-state index < -0.39 is 0 Å². The van der Waals surface area contributed by atoms with Gasteiger partial charge in [0.05, 0.1) is 0 Å². The topological polar surface area (TPSA) is 20.3 Å². The van der Waals surface area contributed by atoms with E-state index in [4.69, 9.17) is 0 Å². The Morgan fingerprint density at radius 3 is 2.39 bits per heavy atom. The van der Waals surface area contributed by atoms with E-state index in [0.29, 0.717) is 11.7 Å². The molecule has 1 heterocycles. The molecule has 4 atom stereocenters. The minimum atomic E-state index is 0.323. The minimum absolute atomic E-state index is 0.323. The van der Waals surface area contributed by atoms with E-state index in [1.54, 1.807) is 0 Å². The van der Waals surface area contributed by atoms with Crippen LogP contribution in [0.1, 0.15) is 47.0 Å². The summed E-state index contributed by atoms with van der Waals surface area (Å²) in [5.41, 5.74) is 0. The van der Waals surface area contributed by atoms with Gasteiger partial charge < -0.3 is 4.90 Å². The predicted octanol–water partition coefficient (Wildman–Crippen LogP) is 3.22. The maximum absolute atomic E-state index is 12.1. The number of carbonyl (C=O) groups is 1. The maximum Gasteiger partial charge on any atom is 0.137 e. The van der Waals surface area contributed by atoms with Gasteiger partial charge in [-0.15, -0.1) is 0 Å². The Bertz CT molecular complexity index is 289. The van der Waals surface area contributed by atoms with Crippen molar-refractivity contribution in [3.63, 3.8) is 0 Å². The number of hydrogen-bond donors (Lipinski definition) is 0. The Hall–Kier alpha value is -0.370. The Morgan fingerprint density at radius 1 is 1.22 bits per heavy atom. The summed E-state index contributed by atoms with van der Waals surface area (Å²) < 4.78 is 0. The normalized spacial score (nSPS) is 38.6. The Balaban J connectivity index is 1.89. The van der Waals surface area contributed by atoms with Gasteiger partial charge in [-0.05, 0) is 36.5 Å². The number of ketones is 1. The van der Waals surface area contributed by atoms with Gasteiger partial charge in [0, 0.05) is 32.0 Å². The molecule has 0 aromatic carbocycles. The molecule has 104 valence electrons. The van der Waals surface area contributed by atoms with E-state index in [-0.39, 0.29) is 0 Å². The molecule has 0 spiro atoms. The van der Waals surface area contributed by atoms with Crippen LogP contribution in [0.4, 0.5) is 0 Å². The predicted molar refractivity (Wildman–Crippen MR) is 75.4 cm³/mol. The lowest BCUT2D eigenvalue weighted by molar-refractivity contribution is -0.126. The fraction of sp³-hybridized carbons (Fsp3) is 0.938. The van der Waals surface area contributed by atoms with Crippen molar-refractivity contribution in [1.29, 1.82) is 0 Å². The molecule has 0 radical (unpaired) electrons. The Morgan fingerprint density at radius 2 is 1.83 bits per heavy atom. The van der Waals surface area contributed by atoms with Gasteiger partial charge in [0.2, 0.25) is 0 Å². The number of rotatable bonds is 3. The van der Waals surface area contributed by atoms with E-state index in [9.17, 15) is 4.79 Å². The maximum atomic E-state index is 12.1. The van der Waals surface area contributed by atoms with Crippen LogP contribution in [0.3, 0.4) is 0 Å². The van der Waals surface area contributed by atoms with Crippen LogP contribution in [0.15, 0.2) is 0 Å². The van der Waals surface area contributed by atoms with Crippen molar-refractivity contribution in [1.82, 2.24) is 4.90 Å². The van der Waals surface area contributed by atoms with Crippen LogP contribution < -0.4 is 0 Å². The average Bonchev–Trinajstić information content (AvgIpc) is 2.61. The van der Waals surface area contributed by atoms with Crippen molar-refractivity contribution in [2.24, 2.45) is 29.6 Å². The Labute approximate surface area is 112 Å². The van der Waals surface area contributed by atoms with Gasteiger partial charge in [0.15, 0.2) is 0 Å². The first-order valence-electron chi connectivity index (χ1n) is 7.72. The first-order chi connectivity index (χ1) is 8.47. The van der Waals surface area contributed by atoms with Gasteiger partial charge in [-0.3, -0.25) is 4.79 Å². The van der Waals surface area contributed by atoms with Crippen LogP contribution in [0.25, 0.3) is 0 Å². The van der Waals surface area contributed by atoms with E-state index in [1.807, 2.05) is 0 Å². The molecule has 1 saturated carbocycles. The van der Waals surface area contributed by atoms with Crippen LogP contribution in [0, 0.1) is 29.6 Å². The summed E-state index contributed by atoms with van der Waals surface area (Å²) in [7, 11) is 0. The van der Waals surface area contributed by atoms with Crippen LogP contribution >= 0.6 is 0 Å². The van der Waals surface area contributed by atoms with Crippen molar-refractivity contribution in [3.8, 4) is 0 Å². The summed E-state index contributed by atoms with van der Waals surface area (Å²) >= 11 is 0. The van der Waals surface area contributed by atoms with Gasteiger partial charge in [-0.2, -0.15) is 0 Å². The molecule has 4 unspecified atom stereocenters. The largest absolute Gasteiger partial charge is 0.302 e. The molecule has 18 heavy (non-hydrogen) atoms. The third-order valence-corrected chi connectivity index (χ3v) is 5.29. The highest BCUT2D eigenvalue weighted by Crippen LogP contribution is 2.33. The molecule has 1 aliphatic carbocycles. The molecule has 2 rings (SSSR count). The first kappa shape index (κ1) is 14.0. The van der Waals surface area contributed by atoms with Gasteiger partial charge in [-0.25, -0.2) is 0 Å². The highest BCUT2D eigenvalue weighted by molar-refractivity contribution is 5.82. The van der Waals surface area contributed by atoms with Gasteiger partial charge in [0.1, 0.15) is 5.78 Å².